The molecule has 0 bridgehead atoms. The zero-order chi connectivity index (χ0) is 13.0. The van der Waals surface area contributed by atoms with Gasteiger partial charge in [-0.3, -0.25) is 9.00 Å². The molecule has 0 radical (unpaired) electrons. The van der Waals surface area contributed by atoms with E-state index in [1.165, 1.54) is 12.1 Å². The molecule has 17 heavy (non-hydrogen) atoms. The van der Waals surface area contributed by atoms with Crippen LogP contribution in [-0.4, -0.2) is 33.2 Å². The summed E-state index contributed by atoms with van der Waals surface area (Å²) in [4.78, 5) is 15.5. The van der Waals surface area contributed by atoms with Crippen LogP contribution < -0.4 is 5.32 Å². The molecule has 4 nitrogen and oxygen atoms in total. The minimum atomic E-state index is -0.977. The number of hydrogen-bond donors (Lipinski definition) is 1. The number of hydrogen-bond acceptors (Lipinski definition) is 3. The first-order chi connectivity index (χ1) is 7.91. The van der Waals surface area contributed by atoms with Gasteiger partial charge in [0.1, 0.15) is 10.3 Å². The average Bonchev–Trinajstić information content (AvgIpc) is 2.25. The molecule has 0 aromatic carbocycles. The summed E-state index contributed by atoms with van der Waals surface area (Å²) in [5.74, 6) is -0.350. The number of rotatable bonds is 4. The number of halogens is 2. The Hall–Kier alpha value is -0.650. The summed E-state index contributed by atoms with van der Waals surface area (Å²) < 4.78 is 11.1. The Morgan fingerprint density at radius 2 is 2.18 bits per heavy atom. The van der Waals surface area contributed by atoms with Gasteiger partial charge in [0.2, 0.25) is 0 Å². The van der Waals surface area contributed by atoms with E-state index in [9.17, 15) is 9.00 Å². The van der Waals surface area contributed by atoms with Gasteiger partial charge in [-0.15, -0.1) is 0 Å². The van der Waals surface area contributed by atoms with Gasteiger partial charge in [0.05, 0.1) is 5.56 Å². The first-order valence-electron chi connectivity index (χ1n) is 4.84. The first-order valence-corrected chi connectivity index (χ1v) is 7.22. The van der Waals surface area contributed by atoms with Crippen molar-refractivity contribution in [2.75, 3.05) is 12.8 Å². The molecule has 0 aliphatic heterocycles. The van der Waals surface area contributed by atoms with Gasteiger partial charge >= 0.3 is 0 Å². The monoisotopic (exact) mass is 294 g/mol. The van der Waals surface area contributed by atoms with Crippen molar-refractivity contribution in [3.05, 3.63) is 28.0 Å². The normalized spacial score (nSPS) is 14.1. The molecule has 0 spiro atoms. The summed E-state index contributed by atoms with van der Waals surface area (Å²) >= 11 is 11.4. The van der Waals surface area contributed by atoms with Crippen LogP contribution >= 0.6 is 23.2 Å². The Labute approximate surface area is 112 Å². The third kappa shape index (κ3) is 4.26. The molecule has 1 aromatic heterocycles. The minimum absolute atomic E-state index is 0.0558. The third-order valence-electron chi connectivity index (χ3n) is 2.18. The van der Waals surface area contributed by atoms with E-state index in [-0.39, 0.29) is 27.0 Å². The highest BCUT2D eigenvalue weighted by atomic mass is 35.5. The van der Waals surface area contributed by atoms with E-state index >= 15 is 0 Å². The molecule has 2 atom stereocenters. The van der Waals surface area contributed by atoms with Crippen molar-refractivity contribution in [2.45, 2.75) is 12.2 Å². The van der Waals surface area contributed by atoms with E-state index in [2.05, 4.69) is 10.3 Å². The van der Waals surface area contributed by atoms with Crippen LogP contribution in [0.1, 0.15) is 17.3 Å². The van der Waals surface area contributed by atoms with E-state index < -0.39 is 10.8 Å². The molecule has 7 heteroatoms. The highest BCUT2D eigenvalue weighted by molar-refractivity contribution is 7.84. The fourth-order valence-electron chi connectivity index (χ4n) is 1.03. The van der Waals surface area contributed by atoms with Gasteiger partial charge in [0, 0.05) is 28.9 Å². The number of nitrogens with one attached hydrogen (secondary N) is 1. The summed E-state index contributed by atoms with van der Waals surface area (Å²) in [6, 6.07) is 2.99. The lowest BCUT2D eigenvalue weighted by Gasteiger charge is -2.10. The number of carbonyl (C=O) groups excluding carboxylic acids is 1. The molecule has 1 N–H and O–H groups in total. The highest BCUT2D eigenvalue weighted by Gasteiger charge is 2.13. The van der Waals surface area contributed by atoms with Crippen LogP contribution in [0.4, 0.5) is 0 Å². The summed E-state index contributed by atoms with van der Waals surface area (Å²) in [5, 5.41) is 2.81. The first kappa shape index (κ1) is 14.4. The second kappa shape index (κ2) is 6.33. The number of carbonyl (C=O) groups is 1. The number of nitrogens with zero attached hydrogens (tertiary/aromatic N) is 1. The Kier molecular flexibility index (Phi) is 5.36. The largest absolute Gasteiger partial charge is 0.351 e. The third-order valence-corrected chi connectivity index (χ3v) is 3.97. The molecule has 1 rings (SSSR count). The lowest BCUT2D eigenvalue weighted by Crippen LogP contribution is -2.32. The van der Waals surface area contributed by atoms with E-state index in [1.807, 2.05) is 0 Å². The van der Waals surface area contributed by atoms with Crippen LogP contribution in [0.3, 0.4) is 0 Å². The molecule has 94 valence electrons. The molecule has 0 saturated heterocycles. The second-order valence-corrected chi connectivity index (χ2v) is 6.04. The Morgan fingerprint density at radius 3 is 2.71 bits per heavy atom. The van der Waals surface area contributed by atoms with Gasteiger partial charge in [-0.05, 0) is 19.1 Å². The smallest absolute Gasteiger partial charge is 0.254 e. The molecule has 0 aliphatic carbocycles. The van der Waals surface area contributed by atoms with Crippen LogP contribution in [0.2, 0.25) is 10.3 Å². The number of amides is 1. The van der Waals surface area contributed by atoms with Crippen LogP contribution in [0, 0.1) is 0 Å². The van der Waals surface area contributed by atoms with Crippen molar-refractivity contribution in [2.24, 2.45) is 0 Å². The lowest BCUT2D eigenvalue weighted by molar-refractivity contribution is 0.0954. The fraction of sp³-hybridized carbons (Fsp3) is 0.400. The van der Waals surface area contributed by atoms with E-state index in [0.717, 1.165) is 0 Å². The van der Waals surface area contributed by atoms with Crippen molar-refractivity contribution < 1.29 is 9.00 Å². The van der Waals surface area contributed by atoms with Gasteiger partial charge in [0.15, 0.2) is 0 Å². The zero-order valence-electron chi connectivity index (χ0n) is 9.37. The molecule has 2 unspecified atom stereocenters. The number of pyridine rings is 1. The van der Waals surface area contributed by atoms with Crippen molar-refractivity contribution >= 4 is 39.9 Å². The van der Waals surface area contributed by atoms with Gasteiger partial charge < -0.3 is 5.32 Å². The Balaban J connectivity index is 2.67. The summed E-state index contributed by atoms with van der Waals surface area (Å²) in [6.45, 7) is 2.11. The molecule has 1 amide bonds. The van der Waals surface area contributed by atoms with Crippen LogP contribution in [0.25, 0.3) is 0 Å². The topological polar surface area (TPSA) is 59.1 Å². The van der Waals surface area contributed by atoms with E-state index in [1.54, 1.807) is 13.2 Å². The molecule has 0 saturated carbocycles. The standard InChI is InChI=1S/C10H12Cl2N2O2S/c1-6(17(2)16)5-13-10(15)7-3-4-8(11)14-9(7)12/h3-4,6H,5H2,1-2H3,(H,13,15). The number of aromatic nitrogens is 1. The highest BCUT2D eigenvalue weighted by Crippen LogP contribution is 2.16. The fourth-order valence-corrected chi connectivity index (χ4v) is 1.78. The molecule has 0 fully saturated rings. The summed E-state index contributed by atoms with van der Waals surface area (Å²) in [6.07, 6.45) is 1.59. The van der Waals surface area contributed by atoms with Gasteiger partial charge in [-0.2, -0.15) is 0 Å². The van der Waals surface area contributed by atoms with Crippen LogP contribution in [0.5, 0.6) is 0 Å². The van der Waals surface area contributed by atoms with Gasteiger partial charge in [0.25, 0.3) is 5.91 Å². The molecule has 0 aliphatic rings. The molecular formula is C10H12Cl2N2O2S. The SMILES string of the molecule is CC(CNC(=O)c1ccc(Cl)nc1Cl)S(C)=O. The maximum absolute atomic E-state index is 11.7. The maximum atomic E-state index is 11.7. The second-order valence-electron chi connectivity index (χ2n) is 3.49. The molecular weight excluding hydrogens is 283 g/mol. The predicted molar refractivity (Wildman–Crippen MR) is 70.1 cm³/mol. The molecule has 1 heterocycles. The zero-order valence-corrected chi connectivity index (χ0v) is 11.7. The Bertz CT molecular complexity index is 454. The summed E-state index contributed by atoms with van der Waals surface area (Å²) in [5.41, 5.74) is 0.255. The van der Waals surface area contributed by atoms with Gasteiger partial charge in [-0.1, -0.05) is 23.2 Å². The van der Waals surface area contributed by atoms with Crippen molar-refractivity contribution in [3.8, 4) is 0 Å². The van der Waals surface area contributed by atoms with Crippen LogP contribution in [-0.2, 0) is 10.8 Å². The van der Waals surface area contributed by atoms with Crippen molar-refractivity contribution in [1.82, 2.24) is 10.3 Å². The van der Waals surface area contributed by atoms with Gasteiger partial charge in [-0.25, -0.2) is 4.98 Å². The average molecular weight is 295 g/mol. The van der Waals surface area contributed by atoms with E-state index in [4.69, 9.17) is 23.2 Å². The Morgan fingerprint density at radius 1 is 1.53 bits per heavy atom. The lowest BCUT2D eigenvalue weighted by atomic mass is 10.2. The van der Waals surface area contributed by atoms with Crippen molar-refractivity contribution in [3.63, 3.8) is 0 Å². The predicted octanol–water partition coefficient (Wildman–Crippen LogP) is 1.89. The van der Waals surface area contributed by atoms with Crippen LogP contribution in [0.15, 0.2) is 12.1 Å². The molecule has 1 aromatic rings. The maximum Gasteiger partial charge on any atom is 0.254 e. The summed E-state index contributed by atoms with van der Waals surface area (Å²) in [7, 11) is -0.977. The quantitative estimate of drug-likeness (QED) is 0.863. The minimum Gasteiger partial charge on any atom is -0.351 e. The van der Waals surface area contributed by atoms with Crippen molar-refractivity contribution in [1.29, 1.82) is 0 Å². The van der Waals surface area contributed by atoms with E-state index in [0.29, 0.717) is 6.54 Å².